The van der Waals surface area contributed by atoms with Gasteiger partial charge in [-0.25, -0.2) is 4.39 Å². The molecule has 0 amide bonds. The van der Waals surface area contributed by atoms with E-state index in [1.807, 2.05) is 24.3 Å². The molecule has 0 aliphatic heterocycles. The minimum atomic E-state index is -0.197. The van der Waals surface area contributed by atoms with Crippen molar-refractivity contribution in [2.24, 2.45) is 0 Å². The molecule has 4 N–H and O–H groups in total. The predicted octanol–water partition coefficient (Wildman–Crippen LogP) is 24.9. The third-order valence-corrected chi connectivity index (χ3v) is 17.0. The molecule has 0 unspecified atom stereocenters. The number of phenols is 4. The van der Waals surface area contributed by atoms with Crippen LogP contribution >= 0.6 is 0 Å². The van der Waals surface area contributed by atoms with Crippen molar-refractivity contribution in [3.8, 4) is 78.6 Å². The van der Waals surface area contributed by atoms with Gasteiger partial charge in [0.15, 0.2) is 0 Å². The van der Waals surface area contributed by atoms with Crippen molar-refractivity contribution in [1.29, 1.82) is 0 Å². The van der Waals surface area contributed by atoms with Gasteiger partial charge in [0.2, 0.25) is 0 Å². The van der Waals surface area contributed by atoms with Gasteiger partial charge < -0.3 is 20.4 Å². The summed E-state index contributed by atoms with van der Waals surface area (Å²) in [4.78, 5) is 0. The number of aryl methyl sites for hydroxylation is 2. The first-order chi connectivity index (χ1) is 41.8. The van der Waals surface area contributed by atoms with Crippen molar-refractivity contribution >= 4 is 0 Å². The molecule has 0 heterocycles. The Balaban J connectivity index is 0.000000190. The SMILES string of the molecule is CC(C)c1cc(-c2ccc(-c3ccccc3)cc2)cc(C(C)C)c1O.CC(C)c1cc(-c2ccc(C(C)(C)C)cc2)cc(C(C)C)c1O.Cc1ccc(-c2cc(C(C)C)c(O)c(C(C)C)c2)cc1.Cc1ccc(-c2cc(C(C)C)c(O)c(C(C)C)c2)cc1F. The molecule has 0 aliphatic carbocycles. The molecule has 470 valence electrons. The van der Waals surface area contributed by atoms with Crippen molar-refractivity contribution in [3.63, 3.8) is 0 Å². The molecule has 9 rings (SSSR count). The number of benzene rings is 9. The van der Waals surface area contributed by atoms with Crippen LogP contribution in [0.1, 0.15) is 240 Å². The van der Waals surface area contributed by atoms with Crippen LogP contribution in [0, 0.1) is 19.7 Å². The Morgan fingerprint density at radius 1 is 0.270 bits per heavy atom. The summed E-state index contributed by atoms with van der Waals surface area (Å²) >= 11 is 0. The Bertz CT molecular complexity index is 3640. The fraction of sp³-hybridized carbons (Fsp3) is 0.357. The van der Waals surface area contributed by atoms with Gasteiger partial charge in [0.1, 0.15) is 28.8 Å². The largest absolute Gasteiger partial charge is 0.507 e. The zero-order valence-corrected chi connectivity index (χ0v) is 57.5. The van der Waals surface area contributed by atoms with Gasteiger partial charge in [-0.2, -0.15) is 0 Å². The molecular weight excluding hydrogens is 1090 g/mol. The van der Waals surface area contributed by atoms with E-state index in [1.165, 1.54) is 55.6 Å². The fourth-order valence-corrected chi connectivity index (χ4v) is 11.1. The van der Waals surface area contributed by atoms with Gasteiger partial charge in [0.05, 0.1) is 0 Å². The van der Waals surface area contributed by atoms with Crippen LogP contribution in [0.15, 0.2) is 170 Å². The van der Waals surface area contributed by atoms with E-state index in [2.05, 4.69) is 272 Å². The summed E-state index contributed by atoms with van der Waals surface area (Å²) < 4.78 is 13.8. The van der Waals surface area contributed by atoms with Gasteiger partial charge in [0.25, 0.3) is 0 Å². The topological polar surface area (TPSA) is 80.9 Å². The molecule has 0 spiro atoms. The van der Waals surface area contributed by atoms with Gasteiger partial charge >= 0.3 is 0 Å². The quantitative estimate of drug-likeness (QED) is 0.0927. The van der Waals surface area contributed by atoms with Crippen molar-refractivity contribution in [2.45, 2.75) is 198 Å². The maximum atomic E-state index is 13.8. The molecule has 0 saturated carbocycles. The number of hydrogen-bond donors (Lipinski definition) is 4. The van der Waals surface area contributed by atoms with Crippen LogP contribution in [0.4, 0.5) is 4.39 Å². The number of aromatic hydroxyl groups is 4. The second-order valence-corrected chi connectivity index (χ2v) is 27.9. The molecule has 0 fully saturated rings. The zero-order chi connectivity index (χ0) is 65.9. The van der Waals surface area contributed by atoms with Crippen molar-refractivity contribution < 1.29 is 24.8 Å². The number of rotatable bonds is 13. The van der Waals surface area contributed by atoms with E-state index in [9.17, 15) is 24.8 Å². The molecule has 0 radical (unpaired) electrons. The van der Waals surface area contributed by atoms with E-state index in [1.54, 1.807) is 19.1 Å². The monoisotopic (exact) mass is 1190 g/mol. The highest BCUT2D eigenvalue weighted by Gasteiger charge is 2.21. The van der Waals surface area contributed by atoms with Crippen LogP contribution < -0.4 is 0 Å². The maximum absolute atomic E-state index is 13.8. The molecule has 9 aromatic carbocycles. The first-order valence-corrected chi connectivity index (χ1v) is 32.4. The van der Waals surface area contributed by atoms with Crippen molar-refractivity contribution in [1.82, 2.24) is 0 Å². The Kier molecular flexibility index (Phi) is 24.1. The number of halogens is 1. The minimum Gasteiger partial charge on any atom is -0.507 e. The molecule has 4 nitrogen and oxygen atoms in total. The number of hydrogen-bond acceptors (Lipinski definition) is 4. The lowest BCUT2D eigenvalue weighted by Gasteiger charge is -2.20. The summed E-state index contributed by atoms with van der Waals surface area (Å²) in [6.45, 7) is 44.3. The van der Waals surface area contributed by atoms with E-state index in [0.29, 0.717) is 64.1 Å². The average molecular weight is 1200 g/mol. The second-order valence-electron chi connectivity index (χ2n) is 27.9. The highest BCUT2D eigenvalue weighted by molar-refractivity contribution is 5.74. The molecule has 0 aromatic heterocycles. The van der Waals surface area contributed by atoms with Gasteiger partial charge in [0, 0.05) is 0 Å². The van der Waals surface area contributed by atoms with E-state index in [4.69, 9.17) is 0 Å². The summed E-state index contributed by atoms with van der Waals surface area (Å²) in [5.41, 5.74) is 22.8. The third-order valence-electron chi connectivity index (χ3n) is 17.0. The normalized spacial score (nSPS) is 11.6. The summed E-state index contributed by atoms with van der Waals surface area (Å²) in [6.07, 6.45) is 0. The highest BCUT2D eigenvalue weighted by Crippen LogP contribution is 2.43. The second kappa shape index (κ2) is 30.5. The Morgan fingerprint density at radius 2 is 0.494 bits per heavy atom. The first-order valence-electron chi connectivity index (χ1n) is 32.4. The predicted molar refractivity (Wildman–Crippen MR) is 380 cm³/mol. The molecular formula is C84H103FO4. The van der Waals surface area contributed by atoms with Crippen LogP contribution in [0.3, 0.4) is 0 Å². The average Bonchev–Trinajstić information content (AvgIpc) is 3.68. The summed E-state index contributed by atoms with van der Waals surface area (Å²) in [5.74, 6) is 3.83. The van der Waals surface area contributed by atoms with Gasteiger partial charge in [-0.15, -0.1) is 0 Å². The first kappa shape index (κ1) is 70.2. The molecule has 0 aliphatic rings. The van der Waals surface area contributed by atoms with Crippen LogP contribution in [0.25, 0.3) is 55.6 Å². The smallest absolute Gasteiger partial charge is 0.126 e. The third kappa shape index (κ3) is 17.9. The fourth-order valence-electron chi connectivity index (χ4n) is 11.1. The maximum Gasteiger partial charge on any atom is 0.126 e. The molecule has 5 heteroatoms. The zero-order valence-electron chi connectivity index (χ0n) is 57.5. The van der Waals surface area contributed by atoms with E-state index >= 15 is 0 Å². The Labute approximate surface area is 535 Å². The van der Waals surface area contributed by atoms with Crippen LogP contribution in [-0.2, 0) is 5.41 Å². The van der Waals surface area contributed by atoms with E-state index in [0.717, 1.165) is 55.6 Å². The summed E-state index contributed by atoms with van der Waals surface area (Å²) in [6, 6.07) is 58.5. The lowest BCUT2D eigenvalue weighted by atomic mass is 9.85. The molecule has 89 heavy (non-hydrogen) atoms. The lowest BCUT2D eigenvalue weighted by molar-refractivity contribution is 0.454. The van der Waals surface area contributed by atoms with Gasteiger partial charge in [-0.3, -0.25) is 0 Å². The summed E-state index contributed by atoms with van der Waals surface area (Å²) in [7, 11) is 0. The van der Waals surface area contributed by atoms with Crippen molar-refractivity contribution in [2.75, 3.05) is 0 Å². The molecule has 0 atom stereocenters. The van der Waals surface area contributed by atoms with Crippen molar-refractivity contribution in [3.05, 3.63) is 237 Å². The van der Waals surface area contributed by atoms with E-state index in [-0.39, 0.29) is 23.1 Å². The Hall–Kier alpha value is -7.89. The van der Waals surface area contributed by atoms with E-state index < -0.39 is 0 Å². The van der Waals surface area contributed by atoms with Gasteiger partial charge in [-0.05, 0) is 232 Å². The van der Waals surface area contributed by atoms with Gasteiger partial charge in [-0.1, -0.05) is 252 Å². The van der Waals surface area contributed by atoms with Crippen LogP contribution in [0.5, 0.6) is 23.0 Å². The lowest BCUT2D eigenvalue weighted by Crippen LogP contribution is -2.10. The summed E-state index contributed by atoms with van der Waals surface area (Å²) in [5, 5.41) is 42.0. The molecule has 0 bridgehead atoms. The Morgan fingerprint density at radius 3 is 0.753 bits per heavy atom. The minimum absolute atomic E-state index is 0.166. The number of phenolic OH excluding ortho intramolecular Hbond substituents is 4. The van der Waals surface area contributed by atoms with Crippen LogP contribution in [0.2, 0.25) is 0 Å². The molecule has 0 saturated heterocycles. The standard InChI is InChI=1S/C24H26O.C22H30O.C19H23FO.C19H24O/c1-16(2)22-14-21(15-23(17(3)4)24(22)25)20-12-10-19(11-13-20)18-8-6-5-7-9-18;1-14(2)19-12-17(13-20(15(3)4)21(19)23)16-8-10-18(11-9-16)22(5,6)7;1-11(2)16-8-15(9-17(12(3)4)19(16)21)14-7-6-13(5)18(20)10-14;1-12(2)17-10-16(11-18(13(3)4)19(17)20)15-8-6-14(5)7-9-15/h5-17,25H,1-4H3;8-15,23H,1-7H3;6-12,21H,1-5H3;6-13,20H,1-5H3. The highest BCUT2D eigenvalue weighted by atomic mass is 19.1. The van der Waals surface area contributed by atoms with Crippen LogP contribution in [-0.4, -0.2) is 20.4 Å². The molecule has 9 aromatic rings.